The second kappa shape index (κ2) is 4.11. The lowest BCUT2D eigenvalue weighted by molar-refractivity contribution is 0.0147. The van der Waals surface area contributed by atoms with Crippen molar-refractivity contribution in [3.8, 4) is 0 Å². The Hall–Kier alpha value is -0.870. The second-order valence-corrected chi connectivity index (χ2v) is 3.95. The number of rotatable bonds is 4. The molecule has 0 spiro atoms. The number of hydrogen-bond donors (Lipinski definition) is 2. The first-order valence-corrected chi connectivity index (χ1v) is 5.07. The SMILES string of the molecule is COC1CC(NC(C)c2cn[nH]c2)C1. The van der Waals surface area contributed by atoms with E-state index < -0.39 is 0 Å². The van der Waals surface area contributed by atoms with Gasteiger partial charge in [0.2, 0.25) is 0 Å². The second-order valence-electron chi connectivity index (χ2n) is 3.95. The van der Waals surface area contributed by atoms with Crippen LogP contribution in [0.25, 0.3) is 0 Å². The van der Waals surface area contributed by atoms with E-state index in [-0.39, 0.29) is 0 Å². The van der Waals surface area contributed by atoms with Crippen molar-refractivity contribution >= 4 is 0 Å². The Kier molecular flexibility index (Phi) is 2.84. The van der Waals surface area contributed by atoms with Gasteiger partial charge in [-0.05, 0) is 19.8 Å². The van der Waals surface area contributed by atoms with E-state index in [2.05, 4.69) is 22.4 Å². The monoisotopic (exact) mass is 195 g/mol. The minimum absolute atomic E-state index is 0.372. The lowest BCUT2D eigenvalue weighted by Gasteiger charge is -2.36. The quantitative estimate of drug-likeness (QED) is 0.760. The van der Waals surface area contributed by atoms with Gasteiger partial charge in [-0.1, -0.05) is 0 Å². The molecule has 0 aromatic carbocycles. The highest BCUT2D eigenvalue weighted by Gasteiger charge is 2.29. The Balaban J connectivity index is 1.77. The van der Waals surface area contributed by atoms with Crippen molar-refractivity contribution in [2.75, 3.05) is 7.11 Å². The minimum atomic E-state index is 0.372. The number of nitrogens with one attached hydrogen (secondary N) is 2. The number of methoxy groups -OCH3 is 1. The number of nitrogens with zero attached hydrogens (tertiary/aromatic N) is 1. The molecule has 1 unspecified atom stereocenters. The number of aromatic nitrogens is 2. The molecule has 1 aliphatic rings. The lowest BCUT2D eigenvalue weighted by Crippen LogP contribution is -2.45. The summed E-state index contributed by atoms with van der Waals surface area (Å²) < 4.78 is 5.23. The highest BCUT2D eigenvalue weighted by molar-refractivity contribution is 5.08. The van der Waals surface area contributed by atoms with Gasteiger partial charge in [-0.2, -0.15) is 5.10 Å². The summed E-state index contributed by atoms with van der Waals surface area (Å²) in [7, 11) is 1.78. The number of hydrogen-bond acceptors (Lipinski definition) is 3. The largest absolute Gasteiger partial charge is 0.381 e. The fraction of sp³-hybridized carbons (Fsp3) is 0.700. The van der Waals surface area contributed by atoms with Crippen LogP contribution in [0.5, 0.6) is 0 Å². The maximum Gasteiger partial charge on any atom is 0.0601 e. The predicted octanol–water partition coefficient (Wildman–Crippen LogP) is 1.24. The first kappa shape index (κ1) is 9.68. The standard InChI is InChI=1S/C10H17N3O/c1-7(8-5-11-12-6-8)13-9-3-10(4-9)14-2/h5-7,9-10,13H,3-4H2,1-2H3,(H,11,12). The minimum Gasteiger partial charge on any atom is -0.381 e. The maximum absolute atomic E-state index is 5.23. The van der Waals surface area contributed by atoms with Crippen molar-refractivity contribution in [2.24, 2.45) is 0 Å². The zero-order valence-electron chi connectivity index (χ0n) is 8.66. The van der Waals surface area contributed by atoms with Crippen molar-refractivity contribution in [1.82, 2.24) is 15.5 Å². The molecule has 4 heteroatoms. The van der Waals surface area contributed by atoms with Crippen molar-refractivity contribution < 1.29 is 4.74 Å². The molecule has 0 radical (unpaired) electrons. The Labute approximate surface area is 84.0 Å². The van der Waals surface area contributed by atoms with Gasteiger partial charge < -0.3 is 10.1 Å². The molecule has 0 amide bonds. The summed E-state index contributed by atoms with van der Waals surface area (Å²) in [5.41, 5.74) is 1.21. The van der Waals surface area contributed by atoms with Gasteiger partial charge in [-0.15, -0.1) is 0 Å². The lowest BCUT2D eigenvalue weighted by atomic mass is 9.88. The molecule has 0 aliphatic heterocycles. The third-order valence-corrected chi connectivity index (χ3v) is 2.93. The molecule has 0 saturated heterocycles. The molecule has 1 fully saturated rings. The molecule has 14 heavy (non-hydrogen) atoms. The van der Waals surface area contributed by atoms with Crippen LogP contribution in [0.15, 0.2) is 12.4 Å². The van der Waals surface area contributed by atoms with Crippen LogP contribution in [0, 0.1) is 0 Å². The normalized spacial score (nSPS) is 28.4. The Morgan fingerprint density at radius 2 is 2.43 bits per heavy atom. The van der Waals surface area contributed by atoms with Gasteiger partial charge >= 0.3 is 0 Å². The molecule has 4 nitrogen and oxygen atoms in total. The molecule has 1 saturated carbocycles. The first-order valence-electron chi connectivity index (χ1n) is 5.07. The summed E-state index contributed by atoms with van der Waals surface area (Å²) in [6.07, 6.45) is 6.51. The van der Waals surface area contributed by atoms with Gasteiger partial charge in [0.25, 0.3) is 0 Å². The van der Waals surface area contributed by atoms with Crippen LogP contribution in [0.1, 0.15) is 31.4 Å². The van der Waals surface area contributed by atoms with Crippen LogP contribution in [0.2, 0.25) is 0 Å². The van der Waals surface area contributed by atoms with E-state index in [1.165, 1.54) is 5.56 Å². The van der Waals surface area contributed by atoms with E-state index in [0.717, 1.165) is 12.8 Å². The summed E-state index contributed by atoms with van der Waals surface area (Å²) >= 11 is 0. The first-order chi connectivity index (χ1) is 6.79. The van der Waals surface area contributed by atoms with Gasteiger partial charge in [0.05, 0.1) is 12.3 Å². The topological polar surface area (TPSA) is 49.9 Å². The van der Waals surface area contributed by atoms with Gasteiger partial charge in [0.15, 0.2) is 0 Å². The molecular weight excluding hydrogens is 178 g/mol. The maximum atomic E-state index is 5.23. The summed E-state index contributed by atoms with van der Waals surface area (Å²) in [6.45, 7) is 2.16. The highest BCUT2D eigenvalue weighted by atomic mass is 16.5. The summed E-state index contributed by atoms with van der Waals surface area (Å²) in [4.78, 5) is 0. The number of H-pyrrole nitrogens is 1. The Bertz CT molecular complexity index is 267. The van der Waals surface area contributed by atoms with Crippen LogP contribution < -0.4 is 5.32 Å². The number of aromatic amines is 1. The van der Waals surface area contributed by atoms with E-state index in [9.17, 15) is 0 Å². The van der Waals surface area contributed by atoms with Crippen LogP contribution in [-0.4, -0.2) is 29.5 Å². The Morgan fingerprint density at radius 1 is 1.64 bits per heavy atom. The van der Waals surface area contributed by atoms with Gasteiger partial charge in [-0.3, -0.25) is 5.10 Å². The van der Waals surface area contributed by atoms with Crippen molar-refractivity contribution in [3.05, 3.63) is 18.0 Å². The third-order valence-electron chi connectivity index (χ3n) is 2.93. The third kappa shape index (κ3) is 1.96. The zero-order valence-corrected chi connectivity index (χ0v) is 8.66. The zero-order chi connectivity index (χ0) is 9.97. The average Bonchev–Trinajstić information content (AvgIpc) is 2.62. The van der Waals surface area contributed by atoms with Crippen LogP contribution in [0.3, 0.4) is 0 Å². The highest BCUT2D eigenvalue weighted by Crippen LogP contribution is 2.25. The van der Waals surface area contributed by atoms with Crippen LogP contribution in [0.4, 0.5) is 0 Å². The predicted molar refractivity (Wildman–Crippen MR) is 54.0 cm³/mol. The van der Waals surface area contributed by atoms with E-state index in [0.29, 0.717) is 18.2 Å². The van der Waals surface area contributed by atoms with E-state index in [1.807, 2.05) is 12.4 Å². The van der Waals surface area contributed by atoms with Gasteiger partial charge in [0, 0.05) is 31.0 Å². The molecule has 1 atom stereocenters. The van der Waals surface area contributed by atoms with E-state index in [4.69, 9.17) is 4.74 Å². The van der Waals surface area contributed by atoms with Crippen molar-refractivity contribution in [1.29, 1.82) is 0 Å². The van der Waals surface area contributed by atoms with Crippen molar-refractivity contribution in [2.45, 2.75) is 38.0 Å². The number of ether oxygens (including phenoxy) is 1. The molecule has 2 rings (SSSR count). The van der Waals surface area contributed by atoms with E-state index >= 15 is 0 Å². The van der Waals surface area contributed by atoms with E-state index in [1.54, 1.807) is 7.11 Å². The van der Waals surface area contributed by atoms with Gasteiger partial charge in [0.1, 0.15) is 0 Å². The average molecular weight is 195 g/mol. The van der Waals surface area contributed by atoms with Crippen LogP contribution >= 0.6 is 0 Å². The van der Waals surface area contributed by atoms with Crippen LogP contribution in [-0.2, 0) is 4.74 Å². The summed E-state index contributed by atoms with van der Waals surface area (Å²) in [5, 5.41) is 10.3. The molecule has 78 valence electrons. The van der Waals surface area contributed by atoms with Gasteiger partial charge in [-0.25, -0.2) is 0 Å². The molecule has 1 aromatic heterocycles. The Morgan fingerprint density at radius 3 is 3.00 bits per heavy atom. The summed E-state index contributed by atoms with van der Waals surface area (Å²) in [6, 6.07) is 0.974. The fourth-order valence-electron chi connectivity index (χ4n) is 1.84. The molecular formula is C10H17N3O. The molecule has 0 bridgehead atoms. The molecule has 1 aromatic rings. The fourth-order valence-corrected chi connectivity index (χ4v) is 1.84. The summed E-state index contributed by atoms with van der Waals surface area (Å²) in [5.74, 6) is 0. The molecule has 1 heterocycles. The molecule has 2 N–H and O–H groups in total. The molecule has 1 aliphatic carbocycles. The smallest absolute Gasteiger partial charge is 0.0601 e. The van der Waals surface area contributed by atoms with Crippen molar-refractivity contribution in [3.63, 3.8) is 0 Å².